The van der Waals surface area contributed by atoms with Crippen molar-refractivity contribution in [2.45, 2.75) is 32.3 Å². The van der Waals surface area contributed by atoms with Crippen LogP contribution in [0.2, 0.25) is 0 Å². The molecular formula is C34H29FN2O5. The highest BCUT2D eigenvalue weighted by atomic mass is 19.1. The predicted octanol–water partition coefficient (Wildman–Crippen LogP) is 7.02. The Bertz CT molecular complexity index is 1640. The summed E-state index contributed by atoms with van der Waals surface area (Å²) in [6.45, 7) is 2.96. The number of nitriles is 1. The van der Waals surface area contributed by atoms with Crippen LogP contribution in [0.1, 0.15) is 52.7 Å². The summed E-state index contributed by atoms with van der Waals surface area (Å²) in [5.74, 6) is 0.501. The highest BCUT2D eigenvalue weighted by Crippen LogP contribution is 2.44. The molecule has 8 heteroatoms. The summed E-state index contributed by atoms with van der Waals surface area (Å²) in [7, 11) is 0. The maximum absolute atomic E-state index is 13.2. The van der Waals surface area contributed by atoms with Crippen LogP contribution in [0, 0.1) is 17.1 Å². The van der Waals surface area contributed by atoms with Gasteiger partial charge in [0.2, 0.25) is 5.88 Å². The molecule has 0 aliphatic carbocycles. The Balaban J connectivity index is 1.34. The molecule has 4 aromatic rings. The topological polar surface area (TPSA) is 104 Å². The number of esters is 1. The van der Waals surface area contributed by atoms with Crippen molar-refractivity contribution in [3.05, 3.63) is 131 Å². The lowest BCUT2D eigenvalue weighted by Gasteiger charge is -2.27. The molecule has 0 amide bonds. The second kappa shape index (κ2) is 12.9. The minimum Gasteiger partial charge on any atom is -0.494 e. The minimum absolute atomic E-state index is 0.0326. The van der Waals surface area contributed by atoms with Gasteiger partial charge in [-0.25, -0.2) is 9.18 Å². The second-order valence-corrected chi connectivity index (χ2v) is 9.73. The Labute approximate surface area is 243 Å². The zero-order chi connectivity index (χ0) is 29.5. The number of nitrogens with zero attached hydrogens (tertiary/aromatic N) is 1. The molecule has 1 heterocycles. The van der Waals surface area contributed by atoms with Crippen LogP contribution in [0.15, 0.2) is 102 Å². The van der Waals surface area contributed by atoms with E-state index in [0.29, 0.717) is 35.0 Å². The smallest absolute Gasteiger partial charge is 0.343 e. The van der Waals surface area contributed by atoms with E-state index < -0.39 is 11.9 Å². The molecule has 5 rings (SSSR count). The summed E-state index contributed by atoms with van der Waals surface area (Å²) < 4.78 is 36.2. The van der Waals surface area contributed by atoms with Crippen LogP contribution in [0.25, 0.3) is 0 Å². The number of ether oxygens (including phenoxy) is 4. The van der Waals surface area contributed by atoms with Gasteiger partial charge in [0.1, 0.15) is 47.1 Å². The van der Waals surface area contributed by atoms with Crippen LogP contribution in [0.4, 0.5) is 4.39 Å². The van der Waals surface area contributed by atoms with Crippen molar-refractivity contribution >= 4 is 5.97 Å². The van der Waals surface area contributed by atoms with E-state index in [2.05, 4.69) is 13.0 Å². The Morgan fingerprint density at radius 2 is 1.71 bits per heavy atom. The summed E-state index contributed by atoms with van der Waals surface area (Å²) >= 11 is 0. The number of rotatable bonds is 10. The molecule has 7 nitrogen and oxygen atoms in total. The molecular weight excluding hydrogens is 535 g/mol. The van der Waals surface area contributed by atoms with E-state index in [4.69, 9.17) is 24.7 Å². The van der Waals surface area contributed by atoms with Crippen molar-refractivity contribution in [3.63, 3.8) is 0 Å². The number of allylic oxidation sites excluding steroid dienone is 1. The van der Waals surface area contributed by atoms with Gasteiger partial charge in [-0.3, -0.25) is 0 Å². The lowest BCUT2D eigenvalue weighted by atomic mass is 9.83. The quantitative estimate of drug-likeness (QED) is 0.125. The maximum atomic E-state index is 13.2. The lowest BCUT2D eigenvalue weighted by Crippen LogP contribution is -2.21. The Hall–Kier alpha value is -5.29. The summed E-state index contributed by atoms with van der Waals surface area (Å²) in [4.78, 5) is 12.8. The molecule has 0 radical (unpaired) electrons. The fraction of sp³-hybridized carbons (Fsp3) is 0.176. The van der Waals surface area contributed by atoms with Crippen molar-refractivity contribution < 1.29 is 28.1 Å². The molecule has 0 spiro atoms. The molecule has 0 bridgehead atoms. The third-order valence-corrected chi connectivity index (χ3v) is 6.77. The van der Waals surface area contributed by atoms with E-state index in [0.717, 1.165) is 24.0 Å². The monoisotopic (exact) mass is 564 g/mol. The lowest BCUT2D eigenvalue weighted by molar-refractivity contribution is 0.0734. The van der Waals surface area contributed by atoms with Gasteiger partial charge in [0.25, 0.3) is 0 Å². The molecule has 4 aromatic carbocycles. The van der Waals surface area contributed by atoms with Crippen LogP contribution in [0.5, 0.6) is 23.0 Å². The van der Waals surface area contributed by atoms with E-state index in [1.54, 1.807) is 60.7 Å². The molecule has 1 unspecified atom stereocenters. The molecule has 1 aliphatic heterocycles. The minimum atomic E-state index is -0.533. The summed E-state index contributed by atoms with van der Waals surface area (Å²) in [6.07, 6.45) is 1.99. The van der Waals surface area contributed by atoms with Crippen LogP contribution >= 0.6 is 0 Å². The van der Waals surface area contributed by atoms with Gasteiger partial charge in [-0.1, -0.05) is 43.7 Å². The van der Waals surface area contributed by atoms with Crippen LogP contribution in [0.3, 0.4) is 0 Å². The van der Waals surface area contributed by atoms with Crippen LogP contribution in [-0.4, -0.2) is 12.6 Å². The second-order valence-electron chi connectivity index (χ2n) is 9.73. The standard InChI is InChI=1S/C34H29FN2O5/c1-2-3-17-39-26-13-9-23(10-14-26)34(38)41-28-15-16-29-31(19-28)42-33(37)30(20-36)32(29)24-5-4-6-27(18-24)40-21-22-7-11-25(35)12-8-22/h4-16,18-19,32H,2-3,17,21,37H2,1H3. The number of benzene rings is 4. The van der Waals surface area contributed by atoms with Gasteiger partial charge in [0.05, 0.1) is 18.1 Å². The van der Waals surface area contributed by atoms with Gasteiger partial charge >= 0.3 is 5.97 Å². The first-order valence-electron chi connectivity index (χ1n) is 13.6. The predicted molar refractivity (Wildman–Crippen MR) is 155 cm³/mol. The maximum Gasteiger partial charge on any atom is 0.343 e. The largest absolute Gasteiger partial charge is 0.494 e. The highest BCUT2D eigenvalue weighted by molar-refractivity contribution is 5.91. The average molecular weight is 565 g/mol. The van der Waals surface area contributed by atoms with E-state index in [-0.39, 0.29) is 29.6 Å². The SMILES string of the molecule is CCCCOc1ccc(C(=O)Oc2ccc3c(c2)OC(N)=C(C#N)C3c2cccc(OCc3ccc(F)cc3)c2)cc1. The van der Waals surface area contributed by atoms with Crippen LogP contribution < -0.4 is 24.7 Å². The molecule has 2 N–H and O–H groups in total. The number of hydrogen-bond donors (Lipinski definition) is 1. The van der Waals surface area contributed by atoms with Gasteiger partial charge in [0.15, 0.2) is 0 Å². The molecule has 0 saturated heterocycles. The fourth-order valence-electron chi connectivity index (χ4n) is 4.56. The van der Waals surface area contributed by atoms with E-state index >= 15 is 0 Å². The molecule has 212 valence electrons. The van der Waals surface area contributed by atoms with Crippen molar-refractivity contribution in [1.29, 1.82) is 5.26 Å². The third kappa shape index (κ3) is 6.53. The van der Waals surface area contributed by atoms with Crippen LogP contribution in [-0.2, 0) is 6.61 Å². The molecule has 0 fully saturated rings. The first-order chi connectivity index (χ1) is 20.4. The van der Waals surface area contributed by atoms with Gasteiger partial charge in [0, 0.05) is 11.6 Å². The third-order valence-electron chi connectivity index (χ3n) is 6.77. The first kappa shape index (κ1) is 28.2. The number of carbonyl (C=O) groups excluding carboxylic acids is 1. The Morgan fingerprint density at radius 3 is 2.45 bits per heavy atom. The van der Waals surface area contributed by atoms with Crippen molar-refractivity contribution in [3.8, 4) is 29.1 Å². The first-order valence-corrected chi connectivity index (χ1v) is 13.6. The number of fused-ring (bicyclic) bond motifs is 1. The van der Waals surface area contributed by atoms with Gasteiger partial charge in [-0.05, 0) is 72.1 Å². The number of carbonyl (C=O) groups is 1. The van der Waals surface area contributed by atoms with E-state index in [1.165, 1.54) is 12.1 Å². The zero-order valence-corrected chi connectivity index (χ0v) is 23.0. The molecule has 1 atom stereocenters. The Kier molecular flexibility index (Phi) is 8.69. The average Bonchev–Trinajstić information content (AvgIpc) is 3.00. The molecule has 1 aliphatic rings. The fourth-order valence-corrected chi connectivity index (χ4v) is 4.56. The normalized spacial score (nSPS) is 13.9. The summed E-state index contributed by atoms with van der Waals surface area (Å²) in [5, 5.41) is 9.93. The number of hydrogen-bond acceptors (Lipinski definition) is 7. The van der Waals surface area contributed by atoms with E-state index in [9.17, 15) is 14.4 Å². The van der Waals surface area contributed by atoms with Crippen molar-refractivity contribution in [1.82, 2.24) is 0 Å². The number of unbranched alkanes of at least 4 members (excludes halogenated alkanes) is 1. The summed E-state index contributed by atoms with van der Waals surface area (Å²) in [5.41, 5.74) is 9.07. The van der Waals surface area contributed by atoms with Gasteiger partial charge in [-0.2, -0.15) is 5.26 Å². The zero-order valence-electron chi connectivity index (χ0n) is 23.0. The molecule has 0 aromatic heterocycles. The molecule has 0 saturated carbocycles. The number of halogens is 1. The van der Waals surface area contributed by atoms with Crippen molar-refractivity contribution in [2.24, 2.45) is 5.73 Å². The van der Waals surface area contributed by atoms with Crippen molar-refractivity contribution in [2.75, 3.05) is 6.61 Å². The Morgan fingerprint density at radius 1 is 0.952 bits per heavy atom. The molecule has 42 heavy (non-hydrogen) atoms. The summed E-state index contributed by atoms with van der Waals surface area (Å²) in [6, 6.07) is 27.4. The highest BCUT2D eigenvalue weighted by Gasteiger charge is 2.31. The van der Waals surface area contributed by atoms with E-state index in [1.807, 2.05) is 18.2 Å². The van der Waals surface area contributed by atoms with Gasteiger partial charge < -0.3 is 24.7 Å². The number of nitrogens with two attached hydrogens (primary N) is 1. The van der Waals surface area contributed by atoms with Gasteiger partial charge in [-0.15, -0.1) is 0 Å².